The first-order valence-corrected chi connectivity index (χ1v) is 4.87. The number of rotatable bonds is 4. The third-order valence-electron chi connectivity index (χ3n) is 1.99. The van der Waals surface area contributed by atoms with Gasteiger partial charge in [0.1, 0.15) is 5.75 Å². The van der Waals surface area contributed by atoms with Crippen molar-refractivity contribution >= 4 is 11.6 Å². The molecule has 16 heavy (non-hydrogen) atoms. The molecule has 0 fully saturated rings. The zero-order chi connectivity index (χ0) is 12.0. The lowest BCUT2D eigenvalue weighted by atomic mass is 10.2. The van der Waals surface area contributed by atoms with Crippen molar-refractivity contribution in [3.8, 4) is 18.1 Å². The van der Waals surface area contributed by atoms with Crippen LogP contribution in [0.1, 0.15) is 5.56 Å². The number of carbonyl (C=O) groups excluding carboxylic acids is 1. The van der Waals surface area contributed by atoms with Crippen LogP contribution in [-0.2, 0) is 4.79 Å². The number of carbonyl (C=O) groups is 1. The molecule has 1 amide bonds. The van der Waals surface area contributed by atoms with E-state index >= 15 is 0 Å². The molecule has 84 valence electrons. The molecule has 0 heterocycles. The molecular formula is C12H14N2O2. The van der Waals surface area contributed by atoms with Gasteiger partial charge in [-0.3, -0.25) is 10.1 Å². The molecule has 0 aliphatic heterocycles. The molecule has 0 radical (unpaired) electrons. The van der Waals surface area contributed by atoms with Crippen LogP contribution in [0.15, 0.2) is 18.2 Å². The van der Waals surface area contributed by atoms with Gasteiger partial charge in [0.25, 0.3) is 0 Å². The summed E-state index contributed by atoms with van der Waals surface area (Å²) in [6.07, 6.45) is 5.03. The Hall–Kier alpha value is -1.99. The van der Waals surface area contributed by atoms with Gasteiger partial charge in [-0.05, 0) is 30.7 Å². The first-order chi connectivity index (χ1) is 7.63. The first kappa shape index (κ1) is 12.1. The van der Waals surface area contributed by atoms with Crippen molar-refractivity contribution < 1.29 is 9.90 Å². The third kappa shape index (κ3) is 3.64. The van der Waals surface area contributed by atoms with E-state index < -0.39 is 0 Å². The smallest absolute Gasteiger partial charge is 0.238 e. The van der Waals surface area contributed by atoms with Gasteiger partial charge >= 0.3 is 0 Å². The van der Waals surface area contributed by atoms with Crippen molar-refractivity contribution in [1.82, 2.24) is 5.32 Å². The number of benzene rings is 1. The van der Waals surface area contributed by atoms with Gasteiger partial charge in [0.05, 0.1) is 13.1 Å². The Balaban J connectivity index is 2.50. The molecule has 0 atom stereocenters. The minimum atomic E-state index is -0.166. The van der Waals surface area contributed by atoms with Crippen molar-refractivity contribution in [2.75, 3.05) is 18.4 Å². The Labute approximate surface area is 94.7 Å². The van der Waals surface area contributed by atoms with E-state index in [4.69, 9.17) is 6.42 Å². The number of aromatic hydroxyl groups is 1. The molecule has 0 aliphatic carbocycles. The van der Waals surface area contributed by atoms with Crippen LogP contribution in [0.25, 0.3) is 0 Å². The topological polar surface area (TPSA) is 61.4 Å². The van der Waals surface area contributed by atoms with Crippen LogP contribution in [-0.4, -0.2) is 24.1 Å². The highest BCUT2D eigenvalue weighted by Crippen LogP contribution is 2.19. The van der Waals surface area contributed by atoms with Crippen molar-refractivity contribution in [3.05, 3.63) is 23.8 Å². The molecule has 4 heteroatoms. The summed E-state index contributed by atoms with van der Waals surface area (Å²) >= 11 is 0. The van der Waals surface area contributed by atoms with Gasteiger partial charge < -0.3 is 10.4 Å². The number of aryl methyl sites for hydroxylation is 1. The van der Waals surface area contributed by atoms with Crippen molar-refractivity contribution in [1.29, 1.82) is 0 Å². The monoisotopic (exact) mass is 218 g/mol. The standard InChI is InChI=1S/C12H14N2O2/c1-3-6-13-8-12(16)14-10-4-5-11(15)9(2)7-10/h1,4-5,7,13,15H,6,8H2,2H3,(H,14,16). The number of amides is 1. The molecular weight excluding hydrogens is 204 g/mol. The van der Waals surface area contributed by atoms with E-state index in [2.05, 4.69) is 16.6 Å². The van der Waals surface area contributed by atoms with Crippen molar-refractivity contribution in [3.63, 3.8) is 0 Å². The highest BCUT2D eigenvalue weighted by molar-refractivity contribution is 5.92. The molecule has 0 aromatic heterocycles. The van der Waals surface area contributed by atoms with Crippen molar-refractivity contribution in [2.45, 2.75) is 6.92 Å². The Morgan fingerprint density at radius 2 is 2.31 bits per heavy atom. The van der Waals surface area contributed by atoms with Gasteiger partial charge in [-0.2, -0.15) is 0 Å². The highest BCUT2D eigenvalue weighted by atomic mass is 16.3. The average molecular weight is 218 g/mol. The molecule has 0 saturated carbocycles. The van der Waals surface area contributed by atoms with Gasteiger partial charge in [-0.25, -0.2) is 0 Å². The molecule has 0 spiro atoms. The van der Waals surface area contributed by atoms with E-state index in [0.29, 0.717) is 12.2 Å². The third-order valence-corrected chi connectivity index (χ3v) is 1.99. The molecule has 0 aliphatic rings. The second-order valence-corrected chi connectivity index (χ2v) is 3.36. The van der Waals surface area contributed by atoms with E-state index in [1.54, 1.807) is 25.1 Å². The van der Waals surface area contributed by atoms with Crippen LogP contribution < -0.4 is 10.6 Å². The summed E-state index contributed by atoms with van der Waals surface area (Å²) in [6, 6.07) is 4.88. The SMILES string of the molecule is C#CCNCC(=O)Nc1ccc(O)c(C)c1. The lowest BCUT2D eigenvalue weighted by Crippen LogP contribution is -2.28. The van der Waals surface area contributed by atoms with Crippen LogP contribution in [0.4, 0.5) is 5.69 Å². The summed E-state index contributed by atoms with van der Waals surface area (Å²) in [4.78, 5) is 11.4. The Kier molecular flexibility index (Phi) is 4.37. The number of hydrogen-bond donors (Lipinski definition) is 3. The average Bonchev–Trinajstić information content (AvgIpc) is 2.24. The molecule has 1 aromatic carbocycles. The number of phenolic OH excluding ortho intramolecular Hbond substituents is 1. The lowest BCUT2D eigenvalue weighted by Gasteiger charge is -2.06. The molecule has 3 N–H and O–H groups in total. The molecule has 0 saturated heterocycles. The van der Waals surface area contributed by atoms with E-state index in [1.807, 2.05) is 0 Å². The fraction of sp³-hybridized carbons (Fsp3) is 0.250. The summed E-state index contributed by atoms with van der Waals surface area (Å²) in [5, 5.41) is 14.8. The highest BCUT2D eigenvalue weighted by Gasteiger charge is 2.02. The maximum atomic E-state index is 11.4. The van der Waals surface area contributed by atoms with Crippen LogP contribution in [0, 0.1) is 19.3 Å². The van der Waals surface area contributed by atoms with E-state index in [9.17, 15) is 9.90 Å². The largest absolute Gasteiger partial charge is 0.508 e. The predicted molar refractivity (Wildman–Crippen MR) is 63.2 cm³/mol. The maximum Gasteiger partial charge on any atom is 0.238 e. The number of anilines is 1. The Morgan fingerprint density at radius 3 is 2.94 bits per heavy atom. The van der Waals surface area contributed by atoms with E-state index in [0.717, 1.165) is 5.56 Å². The molecule has 1 aromatic rings. The maximum absolute atomic E-state index is 11.4. The van der Waals surface area contributed by atoms with Crippen LogP contribution in [0.5, 0.6) is 5.75 Å². The summed E-state index contributed by atoms with van der Waals surface area (Å²) < 4.78 is 0. The zero-order valence-corrected chi connectivity index (χ0v) is 9.08. The van der Waals surface area contributed by atoms with E-state index in [1.165, 1.54) is 0 Å². The van der Waals surface area contributed by atoms with Crippen LogP contribution >= 0.6 is 0 Å². The van der Waals surface area contributed by atoms with Crippen LogP contribution in [0.2, 0.25) is 0 Å². The Morgan fingerprint density at radius 1 is 1.56 bits per heavy atom. The number of nitrogens with one attached hydrogen (secondary N) is 2. The zero-order valence-electron chi connectivity index (χ0n) is 9.08. The van der Waals surface area contributed by atoms with Crippen LogP contribution in [0.3, 0.4) is 0 Å². The number of hydrogen-bond acceptors (Lipinski definition) is 3. The molecule has 0 bridgehead atoms. The number of terminal acetylenes is 1. The fourth-order valence-electron chi connectivity index (χ4n) is 1.19. The van der Waals surface area contributed by atoms with Gasteiger partial charge in [-0.15, -0.1) is 6.42 Å². The minimum absolute atomic E-state index is 0.166. The first-order valence-electron chi connectivity index (χ1n) is 4.87. The second-order valence-electron chi connectivity index (χ2n) is 3.36. The normalized spacial score (nSPS) is 9.50. The molecule has 4 nitrogen and oxygen atoms in total. The molecule has 1 rings (SSSR count). The molecule has 0 unspecified atom stereocenters. The summed E-state index contributed by atoms with van der Waals surface area (Å²) in [5.74, 6) is 2.42. The fourth-order valence-corrected chi connectivity index (χ4v) is 1.19. The van der Waals surface area contributed by atoms with Crippen molar-refractivity contribution in [2.24, 2.45) is 0 Å². The summed E-state index contributed by atoms with van der Waals surface area (Å²) in [6.45, 7) is 2.30. The number of phenols is 1. The lowest BCUT2D eigenvalue weighted by molar-refractivity contribution is -0.115. The second kappa shape index (κ2) is 5.79. The van der Waals surface area contributed by atoms with Gasteiger partial charge in [0.15, 0.2) is 0 Å². The Bertz CT molecular complexity index is 422. The van der Waals surface area contributed by atoms with E-state index in [-0.39, 0.29) is 18.2 Å². The van der Waals surface area contributed by atoms with Gasteiger partial charge in [0.2, 0.25) is 5.91 Å². The minimum Gasteiger partial charge on any atom is -0.508 e. The summed E-state index contributed by atoms with van der Waals surface area (Å²) in [5.41, 5.74) is 1.37. The predicted octanol–water partition coefficient (Wildman–Crippen LogP) is 0.862. The quantitative estimate of drug-likeness (QED) is 0.399. The van der Waals surface area contributed by atoms with Gasteiger partial charge in [-0.1, -0.05) is 5.92 Å². The summed E-state index contributed by atoms with van der Waals surface area (Å²) in [7, 11) is 0. The van der Waals surface area contributed by atoms with Gasteiger partial charge in [0, 0.05) is 5.69 Å².